The first kappa shape index (κ1) is 17.4. The minimum absolute atomic E-state index is 0.277. The fraction of sp³-hybridized carbons (Fsp3) is 0.0588. The van der Waals surface area contributed by atoms with Crippen molar-refractivity contribution >= 4 is 44.4 Å². The van der Waals surface area contributed by atoms with Gasteiger partial charge in [0.05, 0.1) is 6.21 Å². The second kappa shape index (κ2) is 8.09. The second-order valence-corrected chi connectivity index (χ2v) is 6.75. The molecule has 0 fully saturated rings. The van der Waals surface area contributed by atoms with Crippen LogP contribution in [0.5, 0.6) is 5.75 Å². The van der Waals surface area contributed by atoms with Crippen LogP contribution in [-0.2, 0) is 6.61 Å². The van der Waals surface area contributed by atoms with Gasteiger partial charge in [-0.1, -0.05) is 15.9 Å². The monoisotopic (exact) mass is 420 g/mol. The molecule has 0 radical (unpaired) electrons. The number of thiazole rings is 1. The first-order chi connectivity index (χ1) is 12.1. The lowest BCUT2D eigenvalue weighted by molar-refractivity contribution is 0.305. The standard InChI is InChI=1S/C17H14BrFN4OS/c18-15-6-3-13(19)7-12(15)9-24-14-4-1-11(2-5-14)8-21-23-17-22-16(20)10-25-17/h1-8,10H,9,20H2,(H,22,23). The van der Waals surface area contributed by atoms with Crippen LogP contribution in [0.3, 0.4) is 0 Å². The van der Waals surface area contributed by atoms with Gasteiger partial charge in [-0.2, -0.15) is 5.10 Å². The summed E-state index contributed by atoms with van der Waals surface area (Å²) in [5.41, 5.74) is 9.99. The van der Waals surface area contributed by atoms with Crippen molar-refractivity contribution in [2.75, 3.05) is 11.2 Å². The number of rotatable bonds is 6. The highest BCUT2D eigenvalue weighted by Crippen LogP contribution is 2.21. The summed E-state index contributed by atoms with van der Waals surface area (Å²) in [6.07, 6.45) is 1.67. The predicted molar refractivity (Wildman–Crippen MR) is 103 cm³/mol. The number of hydrazone groups is 1. The van der Waals surface area contributed by atoms with Gasteiger partial charge in [0, 0.05) is 15.4 Å². The average molecular weight is 421 g/mol. The number of aromatic nitrogens is 1. The molecular weight excluding hydrogens is 407 g/mol. The van der Waals surface area contributed by atoms with Crippen LogP contribution in [0, 0.1) is 5.82 Å². The zero-order valence-corrected chi connectivity index (χ0v) is 15.3. The van der Waals surface area contributed by atoms with Crippen molar-refractivity contribution in [2.24, 2.45) is 5.10 Å². The minimum atomic E-state index is -0.289. The van der Waals surface area contributed by atoms with Crippen LogP contribution >= 0.6 is 27.3 Å². The molecule has 1 heterocycles. The largest absolute Gasteiger partial charge is 0.489 e. The molecule has 2 aromatic carbocycles. The van der Waals surface area contributed by atoms with Crippen molar-refractivity contribution in [1.29, 1.82) is 0 Å². The van der Waals surface area contributed by atoms with Crippen LogP contribution in [0.1, 0.15) is 11.1 Å². The SMILES string of the molecule is Nc1csc(NN=Cc2ccc(OCc3cc(F)ccc3Br)cc2)n1. The summed E-state index contributed by atoms with van der Waals surface area (Å²) < 4.78 is 19.8. The summed E-state index contributed by atoms with van der Waals surface area (Å²) in [4.78, 5) is 4.04. The fourth-order valence-electron chi connectivity index (χ4n) is 1.96. The van der Waals surface area contributed by atoms with Gasteiger partial charge in [0.15, 0.2) is 0 Å². The normalized spacial score (nSPS) is 11.0. The summed E-state index contributed by atoms with van der Waals surface area (Å²) in [5.74, 6) is 0.867. The number of nitrogens with zero attached hydrogens (tertiary/aromatic N) is 2. The molecule has 0 amide bonds. The maximum Gasteiger partial charge on any atom is 0.205 e. The molecule has 3 N–H and O–H groups in total. The Bertz CT molecular complexity index is 883. The van der Waals surface area contributed by atoms with Gasteiger partial charge in [-0.3, -0.25) is 5.43 Å². The third-order valence-electron chi connectivity index (χ3n) is 3.18. The van der Waals surface area contributed by atoms with E-state index in [1.807, 2.05) is 24.3 Å². The van der Waals surface area contributed by atoms with E-state index in [0.717, 1.165) is 15.6 Å². The Balaban J connectivity index is 1.55. The molecule has 0 bridgehead atoms. The lowest BCUT2D eigenvalue weighted by atomic mass is 10.2. The zero-order valence-electron chi connectivity index (χ0n) is 12.9. The van der Waals surface area contributed by atoms with Gasteiger partial charge < -0.3 is 10.5 Å². The summed E-state index contributed by atoms with van der Waals surface area (Å²) in [6, 6.07) is 11.9. The van der Waals surface area contributed by atoms with E-state index in [9.17, 15) is 4.39 Å². The number of hydrogen-bond acceptors (Lipinski definition) is 6. The van der Waals surface area contributed by atoms with Gasteiger partial charge in [-0.25, -0.2) is 9.37 Å². The molecule has 0 atom stereocenters. The van der Waals surface area contributed by atoms with E-state index in [0.29, 0.717) is 16.7 Å². The van der Waals surface area contributed by atoms with Gasteiger partial charge in [0.2, 0.25) is 5.13 Å². The number of hydrogen-bond donors (Lipinski definition) is 2. The van der Waals surface area contributed by atoms with Crippen LogP contribution in [-0.4, -0.2) is 11.2 Å². The number of anilines is 2. The van der Waals surface area contributed by atoms with E-state index in [1.54, 1.807) is 17.7 Å². The molecule has 0 unspecified atom stereocenters. The highest BCUT2D eigenvalue weighted by molar-refractivity contribution is 9.10. The van der Waals surface area contributed by atoms with Crippen LogP contribution in [0.4, 0.5) is 15.3 Å². The van der Waals surface area contributed by atoms with Gasteiger partial charge >= 0.3 is 0 Å². The highest BCUT2D eigenvalue weighted by atomic mass is 79.9. The average Bonchev–Trinajstić information content (AvgIpc) is 3.02. The predicted octanol–water partition coefficient (Wildman–Crippen LogP) is 4.65. The molecule has 25 heavy (non-hydrogen) atoms. The summed E-state index contributed by atoms with van der Waals surface area (Å²) in [6.45, 7) is 0.277. The molecule has 0 aliphatic rings. The van der Waals surface area contributed by atoms with E-state index in [-0.39, 0.29) is 12.4 Å². The number of ether oxygens (including phenoxy) is 1. The molecule has 0 saturated heterocycles. The first-order valence-corrected chi connectivity index (χ1v) is 8.94. The van der Waals surface area contributed by atoms with Gasteiger partial charge in [0.25, 0.3) is 0 Å². The van der Waals surface area contributed by atoms with Crippen LogP contribution < -0.4 is 15.9 Å². The van der Waals surface area contributed by atoms with E-state index >= 15 is 0 Å². The fourth-order valence-corrected chi connectivity index (χ4v) is 2.87. The first-order valence-electron chi connectivity index (χ1n) is 7.27. The van der Waals surface area contributed by atoms with Crippen molar-refractivity contribution in [3.63, 3.8) is 0 Å². The smallest absolute Gasteiger partial charge is 0.205 e. The Morgan fingerprint density at radius 1 is 1.28 bits per heavy atom. The lowest BCUT2D eigenvalue weighted by Crippen LogP contribution is -1.97. The van der Waals surface area contributed by atoms with E-state index in [1.165, 1.54) is 23.5 Å². The molecule has 0 spiro atoms. The van der Waals surface area contributed by atoms with E-state index < -0.39 is 0 Å². The van der Waals surface area contributed by atoms with E-state index in [2.05, 4.69) is 31.4 Å². The van der Waals surface area contributed by atoms with Crippen molar-refractivity contribution in [3.05, 3.63) is 69.3 Å². The summed E-state index contributed by atoms with van der Waals surface area (Å²) >= 11 is 4.76. The Morgan fingerprint density at radius 2 is 2.08 bits per heavy atom. The Morgan fingerprint density at radius 3 is 2.80 bits per heavy atom. The molecule has 0 aliphatic carbocycles. The Labute approximate surface area is 156 Å². The topological polar surface area (TPSA) is 72.5 Å². The van der Waals surface area contributed by atoms with Gasteiger partial charge in [0.1, 0.15) is 24.0 Å². The molecule has 0 saturated carbocycles. The summed E-state index contributed by atoms with van der Waals surface area (Å²) in [5, 5.41) is 6.47. The third-order valence-corrected chi connectivity index (χ3v) is 4.72. The van der Waals surface area contributed by atoms with E-state index in [4.69, 9.17) is 10.5 Å². The number of nitrogen functional groups attached to an aromatic ring is 1. The second-order valence-electron chi connectivity index (χ2n) is 5.04. The molecule has 3 aromatic rings. The number of nitrogens with one attached hydrogen (secondary N) is 1. The summed E-state index contributed by atoms with van der Waals surface area (Å²) in [7, 11) is 0. The zero-order chi connectivity index (χ0) is 17.6. The quantitative estimate of drug-likeness (QED) is 0.449. The molecule has 0 aliphatic heterocycles. The van der Waals surface area contributed by atoms with Crippen molar-refractivity contribution in [2.45, 2.75) is 6.61 Å². The minimum Gasteiger partial charge on any atom is -0.489 e. The van der Waals surface area contributed by atoms with Gasteiger partial charge in [-0.05, 0) is 48.0 Å². The number of nitrogens with two attached hydrogens (primary N) is 1. The maximum absolute atomic E-state index is 13.3. The number of halogens is 2. The molecule has 1 aromatic heterocycles. The van der Waals surface area contributed by atoms with Crippen molar-refractivity contribution in [3.8, 4) is 5.75 Å². The Kier molecular flexibility index (Phi) is 5.62. The van der Waals surface area contributed by atoms with Crippen molar-refractivity contribution in [1.82, 2.24) is 4.98 Å². The third kappa shape index (κ3) is 5.01. The van der Waals surface area contributed by atoms with Crippen molar-refractivity contribution < 1.29 is 9.13 Å². The molecule has 128 valence electrons. The number of benzene rings is 2. The molecule has 5 nitrogen and oxygen atoms in total. The highest BCUT2D eigenvalue weighted by Gasteiger charge is 2.03. The van der Waals surface area contributed by atoms with Crippen LogP contribution in [0.15, 0.2) is 57.4 Å². The maximum atomic E-state index is 13.3. The van der Waals surface area contributed by atoms with Crippen LogP contribution in [0.25, 0.3) is 0 Å². The molecular formula is C17H14BrFN4OS. The molecule has 3 rings (SSSR count). The Hall–Kier alpha value is -2.45. The van der Waals surface area contributed by atoms with Gasteiger partial charge in [-0.15, -0.1) is 11.3 Å². The lowest BCUT2D eigenvalue weighted by Gasteiger charge is -2.08. The van der Waals surface area contributed by atoms with Crippen LogP contribution in [0.2, 0.25) is 0 Å². The molecule has 8 heteroatoms.